The molecule has 0 spiro atoms. The fourth-order valence-electron chi connectivity index (χ4n) is 2.71. The van der Waals surface area contributed by atoms with Crippen LogP contribution in [0.25, 0.3) is 0 Å². The van der Waals surface area contributed by atoms with Gasteiger partial charge in [0.15, 0.2) is 0 Å². The lowest BCUT2D eigenvalue weighted by atomic mass is 10.2. The Kier molecular flexibility index (Phi) is 6.15. The highest BCUT2D eigenvalue weighted by molar-refractivity contribution is 7.89. The molecule has 6 nitrogen and oxygen atoms in total. The number of benzene rings is 1. The van der Waals surface area contributed by atoms with E-state index < -0.39 is 10.0 Å². The summed E-state index contributed by atoms with van der Waals surface area (Å²) >= 11 is 0. The van der Waals surface area contributed by atoms with Gasteiger partial charge in [0.05, 0.1) is 4.90 Å². The molecule has 1 N–H and O–H groups in total. The Bertz CT molecular complexity index is 616. The van der Waals surface area contributed by atoms with Gasteiger partial charge in [0.2, 0.25) is 10.0 Å². The van der Waals surface area contributed by atoms with Crippen molar-refractivity contribution in [2.45, 2.75) is 25.2 Å². The third kappa shape index (κ3) is 4.10. The van der Waals surface area contributed by atoms with Crippen LogP contribution in [-0.2, 0) is 10.0 Å². The van der Waals surface area contributed by atoms with Gasteiger partial charge in [-0.05, 0) is 37.2 Å². The molecule has 0 saturated carbocycles. The number of hydrogen-bond acceptors (Lipinski definition) is 4. The van der Waals surface area contributed by atoms with E-state index in [0.717, 1.165) is 26.1 Å². The molecule has 2 rings (SSSR count). The molecule has 0 aromatic heterocycles. The van der Waals surface area contributed by atoms with Gasteiger partial charge >= 0.3 is 0 Å². The number of carbonyl (C=O) groups is 1. The Morgan fingerprint density at radius 3 is 2.39 bits per heavy atom. The monoisotopic (exact) mass is 339 g/mol. The first kappa shape index (κ1) is 17.9. The van der Waals surface area contributed by atoms with Crippen LogP contribution in [0.15, 0.2) is 29.2 Å². The van der Waals surface area contributed by atoms with Crippen molar-refractivity contribution in [3.63, 3.8) is 0 Å². The molecule has 1 aliphatic rings. The maximum atomic E-state index is 12.5. The summed E-state index contributed by atoms with van der Waals surface area (Å²) in [5, 5.41) is 3.26. The number of rotatable bonds is 5. The highest BCUT2D eigenvalue weighted by Gasteiger charge is 2.22. The summed E-state index contributed by atoms with van der Waals surface area (Å²) in [6, 6.07) is 6.27. The molecule has 0 aliphatic carbocycles. The van der Waals surface area contributed by atoms with Crippen LogP contribution >= 0.6 is 0 Å². The smallest absolute Gasteiger partial charge is 0.253 e. The fraction of sp³-hybridized carbons (Fsp3) is 0.562. The van der Waals surface area contributed by atoms with Crippen LogP contribution in [0.4, 0.5) is 0 Å². The number of sulfonamides is 1. The molecule has 0 bridgehead atoms. The van der Waals surface area contributed by atoms with Gasteiger partial charge in [-0.2, -0.15) is 4.31 Å². The van der Waals surface area contributed by atoms with E-state index >= 15 is 0 Å². The molecule has 0 unspecified atom stereocenters. The minimum atomic E-state index is -3.48. The molecule has 7 heteroatoms. The van der Waals surface area contributed by atoms with Gasteiger partial charge in [-0.1, -0.05) is 13.8 Å². The molecule has 1 amide bonds. The SMILES string of the molecule is CCN(CC)S(=O)(=O)c1ccc(C(=O)N2CCCNCC2)cc1. The second-order valence-corrected chi connectivity index (χ2v) is 7.45. The van der Waals surface area contributed by atoms with Crippen LogP contribution in [0.1, 0.15) is 30.6 Å². The van der Waals surface area contributed by atoms with Crippen molar-refractivity contribution in [1.82, 2.24) is 14.5 Å². The first-order valence-electron chi connectivity index (χ1n) is 8.11. The standard InChI is InChI=1S/C16H25N3O3S/c1-3-19(4-2)23(21,22)15-8-6-14(7-9-15)16(20)18-12-5-10-17-11-13-18/h6-9,17H,3-5,10-13H2,1-2H3. The van der Waals surface area contributed by atoms with E-state index in [-0.39, 0.29) is 10.8 Å². The van der Waals surface area contributed by atoms with Gasteiger partial charge in [-0.3, -0.25) is 4.79 Å². The molecule has 1 fully saturated rings. The van der Waals surface area contributed by atoms with Gasteiger partial charge in [-0.25, -0.2) is 8.42 Å². The van der Waals surface area contributed by atoms with Crippen LogP contribution < -0.4 is 5.32 Å². The van der Waals surface area contributed by atoms with Crippen LogP contribution in [0, 0.1) is 0 Å². The molecule has 1 saturated heterocycles. The maximum absolute atomic E-state index is 12.5. The lowest BCUT2D eigenvalue weighted by molar-refractivity contribution is 0.0766. The van der Waals surface area contributed by atoms with Crippen molar-refractivity contribution >= 4 is 15.9 Å². The summed E-state index contributed by atoms with van der Waals surface area (Å²) in [5.74, 6) is -0.0412. The van der Waals surface area contributed by atoms with Crippen LogP contribution in [0.2, 0.25) is 0 Å². The molecule has 1 aromatic carbocycles. The Balaban J connectivity index is 2.17. The summed E-state index contributed by atoms with van der Waals surface area (Å²) in [4.78, 5) is 14.5. The topological polar surface area (TPSA) is 69.7 Å². The third-order valence-corrected chi connectivity index (χ3v) is 6.14. The van der Waals surface area contributed by atoms with E-state index in [2.05, 4.69) is 5.32 Å². The van der Waals surface area contributed by atoms with Gasteiger partial charge in [0.25, 0.3) is 5.91 Å². The molecule has 128 valence electrons. The van der Waals surface area contributed by atoms with Crippen molar-refractivity contribution in [3.05, 3.63) is 29.8 Å². The molecule has 1 aliphatic heterocycles. The maximum Gasteiger partial charge on any atom is 0.253 e. The van der Waals surface area contributed by atoms with Crippen molar-refractivity contribution in [3.8, 4) is 0 Å². The van der Waals surface area contributed by atoms with E-state index in [1.807, 2.05) is 18.7 Å². The Morgan fingerprint density at radius 1 is 1.13 bits per heavy atom. The first-order valence-corrected chi connectivity index (χ1v) is 9.55. The molecule has 23 heavy (non-hydrogen) atoms. The highest BCUT2D eigenvalue weighted by Crippen LogP contribution is 2.17. The van der Waals surface area contributed by atoms with Gasteiger partial charge in [-0.15, -0.1) is 0 Å². The van der Waals surface area contributed by atoms with Gasteiger partial charge < -0.3 is 10.2 Å². The van der Waals surface area contributed by atoms with Crippen molar-refractivity contribution in [2.75, 3.05) is 39.3 Å². The zero-order valence-electron chi connectivity index (χ0n) is 13.8. The number of nitrogens with zero attached hydrogens (tertiary/aromatic N) is 2. The summed E-state index contributed by atoms with van der Waals surface area (Å²) in [6.45, 7) is 7.61. The fourth-order valence-corrected chi connectivity index (χ4v) is 4.17. The lowest BCUT2D eigenvalue weighted by Crippen LogP contribution is -2.34. The Morgan fingerprint density at radius 2 is 1.78 bits per heavy atom. The van der Waals surface area contributed by atoms with Gasteiger partial charge in [0, 0.05) is 38.3 Å². The van der Waals surface area contributed by atoms with E-state index in [4.69, 9.17) is 0 Å². The van der Waals surface area contributed by atoms with E-state index in [0.29, 0.717) is 25.2 Å². The molecule has 1 aromatic rings. The van der Waals surface area contributed by atoms with E-state index in [9.17, 15) is 13.2 Å². The minimum absolute atomic E-state index is 0.0412. The quantitative estimate of drug-likeness (QED) is 0.874. The zero-order valence-corrected chi connectivity index (χ0v) is 14.6. The molecule has 1 heterocycles. The number of amides is 1. The normalized spacial score (nSPS) is 16.4. The number of carbonyl (C=O) groups excluding carboxylic acids is 1. The minimum Gasteiger partial charge on any atom is -0.337 e. The van der Waals surface area contributed by atoms with E-state index in [1.54, 1.807) is 12.1 Å². The van der Waals surface area contributed by atoms with Crippen molar-refractivity contribution < 1.29 is 13.2 Å². The largest absolute Gasteiger partial charge is 0.337 e. The van der Waals surface area contributed by atoms with E-state index in [1.165, 1.54) is 16.4 Å². The highest BCUT2D eigenvalue weighted by atomic mass is 32.2. The molecular weight excluding hydrogens is 314 g/mol. The third-order valence-electron chi connectivity index (χ3n) is 4.07. The van der Waals surface area contributed by atoms with Crippen LogP contribution in [0.3, 0.4) is 0 Å². The summed E-state index contributed by atoms with van der Waals surface area (Å²) < 4.78 is 26.3. The Hall–Kier alpha value is -1.44. The predicted molar refractivity (Wildman–Crippen MR) is 89.9 cm³/mol. The lowest BCUT2D eigenvalue weighted by Gasteiger charge is -2.21. The molecular formula is C16H25N3O3S. The number of hydrogen-bond donors (Lipinski definition) is 1. The Labute approximate surface area is 138 Å². The summed E-state index contributed by atoms with van der Waals surface area (Å²) in [7, 11) is -3.48. The van der Waals surface area contributed by atoms with Crippen molar-refractivity contribution in [2.24, 2.45) is 0 Å². The average molecular weight is 339 g/mol. The van der Waals surface area contributed by atoms with Gasteiger partial charge in [0.1, 0.15) is 0 Å². The molecule has 0 radical (unpaired) electrons. The van der Waals surface area contributed by atoms with Crippen LogP contribution in [-0.4, -0.2) is 62.8 Å². The second kappa shape index (κ2) is 7.90. The average Bonchev–Trinajstić information content (AvgIpc) is 2.84. The summed E-state index contributed by atoms with van der Waals surface area (Å²) in [5.41, 5.74) is 0.533. The zero-order chi connectivity index (χ0) is 16.9. The second-order valence-electron chi connectivity index (χ2n) is 5.51. The first-order chi connectivity index (χ1) is 11.0. The molecule has 0 atom stereocenters. The predicted octanol–water partition coefficient (Wildman–Crippen LogP) is 1.15. The summed E-state index contributed by atoms with van der Waals surface area (Å²) in [6.07, 6.45) is 0.931. The van der Waals surface area contributed by atoms with Crippen LogP contribution in [0.5, 0.6) is 0 Å². The van der Waals surface area contributed by atoms with Crippen molar-refractivity contribution in [1.29, 1.82) is 0 Å². The number of nitrogens with one attached hydrogen (secondary N) is 1.